The van der Waals surface area contributed by atoms with E-state index >= 15 is 0 Å². The van der Waals surface area contributed by atoms with E-state index in [0.717, 1.165) is 0 Å². The molecule has 0 unspecified atom stereocenters. The highest BCUT2D eigenvalue weighted by Crippen LogP contribution is 2.25. The molecule has 0 saturated heterocycles. The van der Waals surface area contributed by atoms with Gasteiger partial charge in [-0.05, 0) is 45.4 Å². The molecule has 0 aliphatic heterocycles. The lowest BCUT2D eigenvalue weighted by atomic mass is 10.1. The van der Waals surface area contributed by atoms with Crippen molar-refractivity contribution in [3.8, 4) is 0 Å². The number of sulfonamides is 1. The molecule has 0 spiro atoms. The number of nitrogens with two attached hydrogens (primary N) is 1. The maximum absolute atomic E-state index is 12.0. The number of halogens is 1. The molecule has 1 aromatic rings. The second-order valence-corrected chi connectivity index (χ2v) is 7.71. The molecule has 0 fully saturated rings. The van der Waals surface area contributed by atoms with Crippen LogP contribution in [0.25, 0.3) is 0 Å². The smallest absolute Gasteiger partial charge is 0.251 e. The van der Waals surface area contributed by atoms with E-state index < -0.39 is 15.6 Å². The van der Waals surface area contributed by atoms with Crippen LogP contribution in [-0.2, 0) is 10.0 Å². The molecule has 7 heteroatoms. The number of benzene rings is 1. The maximum atomic E-state index is 12.0. The van der Waals surface area contributed by atoms with Gasteiger partial charge in [0.05, 0.1) is 4.90 Å². The standard InChI is InChI=1S/C12H17BrN2O3S/c1-7-9(13)5-8(6-10(7)19(14,17)18)11(16)15-12(2,3)4/h5-6H,1-4H3,(H,15,16)(H2,14,17,18). The molecule has 0 aliphatic carbocycles. The van der Waals surface area contributed by atoms with E-state index in [4.69, 9.17) is 5.14 Å². The molecular formula is C12H17BrN2O3S. The fraction of sp³-hybridized carbons (Fsp3) is 0.417. The minimum absolute atomic E-state index is 0.0547. The van der Waals surface area contributed by atoms with Gasteiger partial charge in [-0.3, -0.25) is 4.79 Å². The zero-order chi connectivity index (χ0) is 15.0. The van der Waals surface area contributed by atoms with Gasteiger partial charge in [0.2, 0.25) is 10.0 Å². The predicted octanol–water partition coefficient (Wildman–Crippen LogP) is 1.93. The Balaban J connectivity index is 3.33. The van der Waals surface area contributed by atoms with Gasteiger partial charge in [0.25, 0.3) is 5.91 Å². The van der Waals surface area contributed by atoms with Gasteiger partial charge in [-0.1, -0.05) is 15.9 Å². The monoisotopic (exact) mass is 348 g/mol. The molecule has 106 valence electrons. The zero-order valence-corrected chi connectivity index (χ0v) is 13.6. The van der Waals surface area contributed by atoms with Crippen LogP contribution in [0.2, 0.25) is 0 Å². The highest BCUT2D eigenvalue weighted by Gasteiger charge is 2.20. The topological polar surface area (TPSA) is 89.3 Å². The first-order valence-electron chi connectivity index (χ1n) is 5.57. The third-order valence-corrected chi connectivity index (χ3v) is 4.21. The van der Waals surface area contributed by atoms with E-state index in [1.807, 2.05) is 20.8 Å². The third-order valence-electron chi connectivity index (χ3n) is 2.35. The van der Waals surface area contributed by atoms with Crippen molar-refractivity contribution in [1.29, 1.82) is 0 Å². The fourth-order valence-corrected chi connectivity index (χ4v) is 2.91. The Morgan fingerprint density at radius 2 is 1.84 bits per heavy atom. The molecule has 0 heterocycles. The molecule has 0 saturated carbocycles. The third kappa shape index (κ3) is 4.29. The molecular weight excluding hydrogens is 332 g/mol. The normalized spacial score (nSPS) is 12.3. The van der Waals surface area contributed by atoms with Crippen molar-refractivity contribution in [2.75, 3.05) is 0 Å². The Hall–Kier alpha value is -0.920. The number of primary sulfonamides is 1. The van der Waals surface area contributed by atoms with Crippen LogP contribution in [0.15, 0.2) is 21.5 Å². The molecule has 1 rings (SSSR count). The van der Waals surface area contributed by atoms with Gasteiger partial charge >= 0.3 is 0 Å². The van der Waals surface area contributed by atoms with Crippen LogP contribution in [0.4, 0.5) is 0 Å². The first kappa shape index (κ1) is 16.1. The van der Waals surface area contributed by atoms with Crippen LogP contribution in [0, 0.1) is 6.92 Å². The van der Waals surface area contributed by atoms with Gasteiger partial charge in [-0.25, -0.2) is 13.6 Å². The second-order valence-electron chi connectivity index (χ2n) is 5.33. The average molecular weight is 349 g/mol. The molecule has 0 radical (unpaired) electrons. The van der Waals surface area contributed by atoms with Crippen molar-refractivity contribution in [2.45, 2.75) is 38.1 Å². The van der Waals surface area contributed by atoms with E-state index in [0.29, 0.717) is 10.0 Å². The molecule has 1 aromatic carbocycles. The number of nitrogens with one attached hydrogen (secondary N) is 1. The molecule has 0 atom stereocenters. The summed E-state index contributed by atoms with van der Waals surface area (Å²) >= 11 is 3.24. The van der Waals surface area contributed by atoms with Crippen molar-refractivity contribution in [1.82, 2.24) is 5.32 Å². The lowest BCUT2D eigenvalue weighted by molar-refractivity contribution is 0.0919. The van der Waals surface area contributed by atoms with Crippen LogP contribution in [-0.4, -0.2) is 19.9 Å². The minimum atomic E-state index is -3.87. The largest absolute Gasteiger partial charge is 0.347 e. The molecule has 5 nitrogen and oxygen atoms in total. The van der Waals surface area contributed by atoms with Gasteiger partial charge in [0.1, 0.15) is 0 Å². The molecule has 0 aliphatic rings. The molecule has 0 bridgehead atoms. The highest BCUT2D eigenvalue weighted by atomic mass is 79.9. The highest BCUT2D eigenvalue weighted by molar-refractivity contribution is 9.10. The van der Waals surface area contributed by atoms with E-state index in [1.165, 1.54) is 6.07 Å². The zero-order valence-electron chi connectivity index (χ0n) is 11.2. The number of carbonyl (C=O) groups is 1. The first-order chi connectivity index (χ1) is 8.42. The average Bonchev–Trinajstić information content (AvgIpc) is 2.17. The molecule has 19 heavy (non-hydrogen) atoms. The minimum Gasteiger partial charge on any atom is -0.347 e. The number of rotatable bonds is 2. The van der Waals surface area contributed by atoms with Crippen LogP contribution >= 0.6 is 15.9 Å². The van der Waals surface area contributed by atoms with Crippen LogP contribution in [0.3, 0.4) is 0 Å². The van der Waals surface area contributed by atoms with Crippen molar-refractivity contribution in [3.63, 3.8) is 0 Å². The first-order valence-corrected chi connectivity index (χ1v) is 7.91. The lowest BCUT2D eigenvalue weighted by Gasteiger charge is -2.21. The Morgan fingerprint density at radius 3 is 2.26 bits per heavy atom. The fourth-order valence-electron chi connectivity index (χ4n) is 1.49. The van der Waals surface area contributed by atoms with E-state index in [2.05, 4.69) is 21.2 Å². The summed E-state index contributed by atoms with van der Waals surface area (Å²) in [6.07, 6.45) is 0. The summed E-state index contributed by atoms with van der Waals surface area (Å²) in [6, 6.07) is 2.86. The van der Waals surface area contributed by atoms with E-state index in [-0.39, 0.29) is 16.4 Å². The van der Waals surface area contributed by atoms with Gasteiger partial charge in [0, 0.05) is 15.6 Å². The molecule has 1 amide bonds. The van der Waals surface area contributed by atoms with Gasteiger partial charge in [0.15, 0.2) is 0 Å². The van der Waals surface area contributed by atoms with Gasteiger partial charge < -0.3 is 5.32 Å². The second kappa shape index (κ2) is 5.22. The summed E-state index contributed by atoms with van der Waals surface area (Å²) in [6.45, 7) is 7.15. The van der Waals surface area contributed by atoms with Crippen molar-refractivity contribution in [2.24, 2.45) is 5.14 Å². The number of carbonyl (C=O) groups excluding carboxylic acids is 1. The van der Waals surface area contributed by atoms with Crippen molar-refractivity contribution in [3.05, 3.63) is 27.7 Å². The van der Waals surface area contributed by atoms with Crippen LogP contribution < -0.4 is 10.5 Å². The lowest BCUT2D eigenvalue weighted by Crippen LogP contribution is -2.40. The summed E-state index contributed by atoms with van der Waals surface area (Å²) in [5.41, 5.74) is 0.321. The summed E-state index contributed by atoms with van der Waals surface area (Å²) in [7, 11) is -3.87. The maximum Gasteiger partial charge on any atom is 0.251 e. The van der Waals surface area contributed by atoms with Gasteiger partial charge in [-0.15, -0.1) is 0 Å². The van der Waals surface area contributed by atoms with Crippen LogP contribution in [0.5, 0.6) is 0 Å². The quantitative estimate of drug-likeness (QED) is 0.855. The number of hydrogen-bond acceptors (Lipinski definition) is 3. The molecule has 0 aromatic heterocycles. The van der Waals surface area contributed by atoms with Crippen LogP contribution in [0.1, 0.15) is 36.7 Å². The Kier molecular flexibility index (Phi) is 4.44. The Morgan fingerprint density at radius 1 is 1.32 bits per heavy atom. The van der Waals surface area contributed by atoms with Gasteiger partial charge in [-0.2, -0.15) is 0 Å². The van der Waals surface area contributed by atoms with Crippen molar-refractivity contribution >= 4 is 31.9 Å². The summed E-state index contributed by atoms with van der Waals surface area (Å²) in [5, 5.41) is 7.91. The summed E-state index contributed by atoms with van der Waals surface area (Å²) in [5.74, 6) is -0.349. The van der Waals surface area contributed by atoms with Crippen molar-refractivity contribution < 1.29 is 13.2 Å². The van der Waals surface area contributed by atoms with E-state index in [1.54, 1.807) is 13.0 Å². The SMILES string of the molecule is Cc1c(Br)cc(C(=O)NC(C)(C)C)cc1S(N)(=O)=O. The number of amides is 1. The summed E-state index contributed by atoms with van der Waals surface area (Å²) < 4.78 is 23.5. The Bertz CT molecular complexity index is 619. The van der Waals surface area contributed by atoms with E-state index in [9.17, 15) is 13.2 Å². The number of hydrogen-bond donors (Lipinski definition) is 2. The predicted molar refractivity (Wildman–Crippen MR) is 77.5 cm³/mol. The molecule has 3 N–H and O–H groups in total. The Labute approximate surface area is 121 Å². The summed E-state index contributed by atoms with van der Waals surface area (Å²) in [4.78, 5) is 12.0.